The fourth-order valence-corrected chi connectivity index (χ4v) is 2.57. The number of carbonyl (C=O) groups excluding carboxylic acids is 1. The Bertz CT molecular complexity index is 483. The van der Waals surface area contributed by atoms with Crippen LogP contribution in [0.1, 0.15) is 23.2 Å². The van der Waals surface area contributed by atoms with E-state index in [9.17, 15) is 4.79 Å². The molecule has 2 aliphatic rings. The van der Waals surface area contributed by atoms with E-state index in [-0.39, 0.29) is 11.5 Å². The number of fused-ring (bicyclic) bond motifs is 1. The zero-order chi connectivity index (χ0) is 12.6. The number of nitrogens with one attached hydrogen (secondary N) is 1. The highest BCUT2D eigenvalue weighted by Gasteiger charge is 2.38. The second-order valence-electron chi connectivity index (χ2n) is 4.72. The smallest absolute Gasteiger partial charge is 0.255 e. The van der Waals surface area contributed by atoms with Gasteiger partial charge in [0.1, 0.15) is 11.4 Å². The van der Waals surface area contributed by atoms with Gasteiger partial charge in [-0.15, -0.1) is 0 Å². The van der Waals surface area contributed by atoms with Crippen molar-refractivity contribution in [3.8, 4) is 5.75 Å². The summed E-state index contributed by atoms with van der Waals surface area (Å²) in [5.41, 5.74) is 0.165. The first-order valence-electron chi connectivity index (χ1n) is 6.03. The predicted octanol–water partition coefficient (Wildman–Crippen LogP) is 2.01. The van der Waals surface area contributed by atoms with Crippen LogP contribution in [-0.4, -0.2) is 31.3 Å². The Hall–Kier alpha value is -1.26. The molecule has 96 valence electrons. The molecule has 0 aliphatic carbocycles. The minimum atomic E-state index is -0.340. The summed E-state index contributed by atoms with van der Waals surface area (Å²) in [5, 5.41) is 3.45. The Kier molecular flexibility index (Phi) is 2.92. The first-order chi connectivity index (χ1) is 8.69. The molecule has 4 nitrogen and oxygen atoms in total. The Labute approximate surface area is 110 Å². The molecule has 2 heterocycles. The molecule has 5 heteroatoms. The van der Waals surface area contributed by atoms with Gasteiger partial charge in [-0.2, -0.15) is 0 Å². The first kappa shape index (κ1) is 11.8. The molecule has 3 rings (SSSR count). The lowest BCUT2D eigenvalue weighted by Gasteiger charge is -2.36. The molecule has 0 bridgehead atoms. The number of hydrogen-bond donors (Lipinski definition) is 1. The van der Waals surface area contributed by atoms with E-state index in [2.05, 4.69) is 5.32 Å². The normalized spacial score (nSPS) is 21.7. The Morgan fingerprint density at radius 2 is 2.06 bits per heavy atom. The van der Waals surface area contributed by atoms with Crippen LogP contribution in [0.15, 0.2) is 18.2 Å². The van der Waals surface area contributed by atoms with E-state index in [1.165, 1.54) is 0 Å². The Morgan fingerprint density at radius 1 is 1.28 bits per heavy atom. The fourth-order valence-electron chi connectivity index (χ4n) is 2.40. The summed E-state index contributed by atoms with van der Waals surface area (Å²) in [4.78, 5) is 12.0. The van der Waals surface area contributed by atoms with Crippen molar-refractivity contribution in [1.29, 1.82) is 0 Å². The van der Waals surface area contributed by atoms with Crippen molar-refractivity contribution in [2.75, 3.05) is 19.8 Å². The van der Waals surface area contributed by atoms with Gasteiger partial charge in [0.15, 0.2) is 0 Å². The van der Waals surface area contributed by atoms with Crippen molar-refractivity contribution < 1.29 is 14.3 Å². The molecule has 18 heavy (non-hydrogen) atoms. The molecule has 0 atom stereocenters. The van der Waals surface area contributed by atoms with Crippen LogP contribution in [0.3, 0.4) is 0 Å². The van der Waals surface area contributed by atoms with Gasteiger partial charge in [0.05, 0.1) is 25.3 Å². The van der Waals surface area contributed by atoms with Gasteiger partial charge in [-0.25, -0.2) is 0 Å². The van der Waals surface area contributed by atoms with E-state index < -0.39 is 0 Å². The van der Waals surface area contributed by atoms with E-state index in [1.54, 1.807) is 18.2 Å². The fraction of sp³-hybridized carbons (Fsp3) is 0.462. The van der Waals surface area contributed by atoms with Gasteiger partial charge in [0.25, 0.3) is 5.91 Å². The summed E-state index contributed by atoms with van der Waals surface area (Å²) in [6.07, 6.45) is 1.57. The molecule has 1 fully saturated rings. The summed E-state index contributed by atoms with van der Waals surface area (Å²) in [6.45, 7) is 1.85. The molecule has 1 saturated heterocycles. The summed E-state index contributed by atoms with van der Waals surface area (Å²) in [5.74, 6) is 0.479. The lowest BCUT2D eigenvalue weighted by Crippen LogP contribution is -2.49. The molecule has 1 aromatic rings. The van der Waals surface area contributed by atoms with E-state index in [1.807, 2.05) is 0 Å². The minimum absolute atomic E-state index is 0.129. The highest BCUT2D eigenvalue weighted by molar-refractivity contribution is 6.31. The number of hydrogen-bond acceptors (Lipinski definition) is 3. The van der Waals surface area contributed by atoms with Crippen LogP contribution in [0.5, 0.6) is 5.75 Å². The molecular weight excluding hydrogens is 254 g/mol. The van der Waals surface area contributed by atoms with Crippen molar-refractivity contribution in [3.05, 3.63) is 28.8 Å². The highest BCUT2D eigenvalue weighted by atomic mass is 35.5. The average molecular weight is 268 g/mol. The van der Waals surface area contributed by atoms with E-state index >= 15 is 0 Å². The van der Waals surface area contributed by atoms with Crippen molar-refractivity contribution in [2.45, 2.75) is 18.4 Å². The van der Waals surface area contributed by atoms with Crippen molar-refractivity contribution in [2.24, 2.45) is 0 Å². The summed E-state index contributed by atoms with van der Waals surface area (Å²) < 4.78 is 11.4. The molecule has 1 N–H and O–H groups in total. The maximum absolute atomic E-state index is 12.0. The van der Waals surface area contributed by atoms with E-state index in [4.69, 9.17) is 21.1 Å². The van der Waals surface area contributed by atoms with Crippen LogP contribution in [-0.2, 0) is 4.74 Å². The lowest BCUT2D eigenvalue weighted by atomic mass is 9.94. The monoisotopic (exact) mass is 267 g/mol. The number of rotatable bonds is 0. The average Bonchev–Trinajstić information content (AvgIpc) is 2.50. The van der Waals surface area contributed by atoms with Crippen LogP contribution in [0.2, 0.25) is 5.02 Å². The predicted molar refractivity (Wildman–Crippen MR) is 67.2 cm³/mol. The second kappa shape index (κ2) is 4.44. The molecule has 1 amide bonds. The number of halogens is 1. The third kappa shape index (κ3) is 2.06. The zero-order valence-electron chi connectivity index (χ0n) is 9.87. The third-order valence-electron chi connectivity index (χ3n) is 3.49. The van der Waals surface area contributed by atoms with Crippen LogP contribution in [0.25, 0.3) is 0 Å². The Morgan fingerprint density at radius 3 is 2.83 bits per heavy atom. The van der Waals surface area contributed by atoms with Gasteiger partial charge >= 0.3 is 0 Å². The van der Waals surface area contributed by atoms with Gasteiger partial charge in [0.2, 0.25) is 0 Å². The summed E-state index contributed by atoms with van der Waals surface area (Å²) >= 11 is 5.92. The molecule has 1 aromatic carbocycles. The molecule has 0 radical (unpaired) electrons. The highest BCUT2D eigenvalue weighted by Crippen LogP contribution is 2.33. The number of amides is 1. The van der Waals surface area contributed by atoms with Crippen molar-refractivity contribution in [3.63, 3.8) is 0 Å². The van der Waals surface area contributed by atoms with Crippen molar-refractivity contribution >= 4 is 17.5 Å². The largest absolute Gasteiger partial charge is 0.484 e. The summed E-state index contributed by atoms with van der Waals surface area (Å²) in [7, 11) is 0. The number of ether oxygens (including phenoxy) is 2. The number of carbonyl (C=O) groups is 1. The van der Waals surface area contributed by atoms with Gasteiger partial charge < -0.3 is 14.8 Å². The van der Waals surface area contributed by atoms with Gasteiger partial charge in [-0.1, -0.05) is 11.6 Å². The maximum Gasteiger partial charge on any atom is 0.255 e. The zero-order valence-corrected chi connectivity index (χ0v) is 10.6. The molecular formula is C13H14ClNO3. The third-order valence-corrected chi connectivity index (χ3v) is 3.72. The molecule has 0 aromatic heterocycles. The van der Waals surface area contributed by atoms with Gasteiger partial charge in [-0.05, 0) is 18.2 Å². The first-order valence-corrected chi connectivity index (χ1v) is 6.41. The summed E-state index contributed by atoms with van der Waals surface area (Å²) in [6, 6.07) is 5.15. The van der Waals surface area contributed by atoms with Gasteiger partial charge in [0, 0.05) is 17.9 Å². The molecule has 0 saturated carbocycles. The van der Waals surface area contributed by atoms with Gasteiger partial charge in [-0.3, -0.25) is 4.79 Å². The molecule has 1 spiro atoms. The van der Waals surface area contributed by atoms with Crippen LogP contribution < -0.4 is 10.1 Å². The standard InChI is InChI=1S/C13H14ClNO3/c14-9-1-2-11-10(7-9)12(16)15-8-13(18-11)3-5-17-6-4-13/h1-2,7H,3-6,8H2,(H,15,16). The van der Waals surface area contributed by atoms with E-state index in [0.717, 1.165) is 12.8 Å². The van der Waals surface area contributed by atoms with Crippen molar-refractivity contribution in [1.82, 2.24) is 5.32 Å². The number of benzene rings is 1. The van der Waals surface area contributed by atoms with Crippen LogP contribution in [0.4, 0.5) is 0 Å². The topological polar surface area (TPSA) is 47.6 Å². The lowest BCUT2D eigenvalue weighted by molar-refractivity contribution is -0.0416. The molecule has 2 aliphatic heterocycles. The van der Waals surface area contributed by atoms with E-state index in [0.29, 0.717) is 36.1 Å². The SMILES string of the molecule is O=C1NCC2(CCOCC2)Oc2ccc(Cl)cc21. The maximum atomic E-state index is 12.0. The minimum Gasteiger partial charge on any atom is -0.484 e. The molecule has 0 unspecified atom stereocenters. The second-order valence-corrected chi connectivity index (χ2v) is 5.16. The van der Waals surface area contributed by atoms with Crippen LogP contribution >= 0.6 is 11.6 Å². The quantitative estimate of drug-likeness (QED) is 0.782. The Balaban J connectivity index is 1.98. The van der Waals surface area contributed by atoms with Crippen LogP contribution in [0, 0.1) is 0 Å².